The Balaban J connectivity index is 2.98. The van der Waals surface area contributed by atoms with Crippen molar-refractivity contribution in [1.29, 1.82) is 0 Å². The standard InChI is InChI=1S/C10H10N2O3S/c11-8-5-6-3-1-2-4-7(6)9(13)10(8)16(12,14)15/h1-5,13H,11H2,(H2,12,14,15). The van der Waals surface area contributed by atoms with E-state index in [4.69, 9.17) is 10.9 Å². The highest BCUT2D eigenvalue weighted by Gasteiger charge is 2.20. The average molecular weight is 238 g/mol. The predicted octanol–water partition coefficient (Wildman–Crippen LogP) is 0.775. The van der Waals surface area contributed by atoms with Crippen molar-refractivity contribution in [3.8, 4) is 5.75 Å². The van der Waals surface area contributed by atoms with Crippen molar-refractivity contribution in [3.63, 3.8) is 0 Å². The van der Waals surface area contributed by atoms with Crippen LogP contribution in [-0.4, -0.2) is 13.5 Å². The molecule has 0 radical (unpaired) electrons. The first-order valence-corrected chi connectivity index (χ1v) is 5.99. The molecule has 16 heavy (non-hydrogen) atoms. The maximum atomic E-state index is 11.3. The van der Waals surface area contributed by atoms with Gasteiger partial charge in [0.2, 0.25) is 10.0 Å². The Morgan fingerprint density at radius 3 is 2.44 bits per heavy atom. The van der Waals surface area contributed by atoms with Crippen molar-refractivity contribution in [3.05, 3.63) is 30.3 Å². The van der Waals surface area contributed by atoms with Crippen LogP contribution in [0.15, 0.2) is 35.2 Å². The Kier molecular flexibility index (Phi) is 2.25. The third kappa shape index (κ3) is 1.58. The minimum Gasteiger partial charge on any atom is -0.506 e. The van der Waals surface area contributed by atoms with E-state index < -0.39 is 20.7 Å². The molecule has 0 saturated heterocycles. The van der Waals surface area contributed by atoms with Crippen molar-refractivity contribution in [2.75, 3.05) is 5.73 Å². The summed E-state index contributed by atoms with van der Waals surface area (Å²) in [6.45, 7) is 0. The second kappa shape index (κ2) is 3.36. The van der Waals surface area contributed by atoms with Gasteiger partial charge in [-0.05, 0) is 11.5 Å². The Morgan fingerprint density at radius 2 is 1.81 bits per heavy atom. The number of phenolic OH excluding ortho intramolecular Hbond substituents is 1. The van der Waals surface area contributed by atoms with Crippen LogP contribution in [0.5, 0.6) is 5.75 Å². The van der Waals surface area contributed by atoms with E-state index in [0.717, 1.165) is 0 Å². The first-order valence-electron chi connectivity index (χ1n) is 4.44. The molecule has 5 N–H and O–H groups in total. The molecule has 2 aromatic rings. The van der Waals surface area contributed by atoms with Crippen LogP contribution in [0.4, 0.5) is 5.69 Å². The van der Waals surface area contributed by atoms with Gasteiger partial charge in [0.1, 0.15) is 10.6 Å². The number of anilines is 1. The summed E-state index contributed by atoms with van der Waals surface area (Å²) in [4.78, 5) is -0.425. The van der Waals surface area contributed by atoms with E-state index in [2.05, 4.69) is 0 Å². The number of hydrogen-bond acceptors (Lipinski definition) is 4. The molecule has 0 aliphatic heterocycles. The van der Waals surface area contributed by atoms with Crippen LogP contribution in [0.25, 0.3) is 10.8 Å². The van der Waals surface area contributed by atoms with Crippen LogP contribution in [0.2, 0.25) is 0 Å². The Bertz CT molecular complexity index is 665. The van der Waals surface area contributed by atoms with Crippen molar-refractivity contribution >= 4 is 26.5 Å². The summed E-state index contributed by atoms with van der Waals surface area (Å²) in [5, 5.41) is 15.9. The molecule has 0 bridgehead atoms. The fourth-order valence-electron chi connectivity index (χ4n) is 1.63. The van der Waals surface area contributed by atoms with E-state index in [9.17, 15) is 13.5 Å². The second-order valence-electron chi connectivity index (χ2n) is 3.41. The molecule has 0 unspecified atom stereocenters. The summed E-state index contributed by atoms with van der Waals surface area (Å²) in [5.74, 6) is -0.405. The molecule has 0 saturated carbocycles. The van der Waals surface area contributed by atoms with Gasteiger partial charge in [-0.3, -0.25) is 0 Å². The molecular weight excluding hydrogens is 228 g/mol. The first kappa shape index (κ1) is 10.7. The number of aromatic hydroxyl groups is 1. The highest BCUT2D eigenvalue weighted by Crippen LogP contribution is 2.35. The number of nitrogens with two attached hydrogens (primary N) is 2. The molecule has 0 amide bonds. The summed E-state index contributed by atoms with van der Waals surface area (Å²) in [6, 6.07) is 8.23. The Hall–Kier alpha value is -1.79. The minimum absolute atomic E-state index is 0.0568. The number of benzene rings is 2. The summed E-state index contributed by atoms with van der Waals surface area (Å²) in [6.07, 6.45) is 0. The highest BCUT2D eigenvalue weighted by molar-refractivity contribution is 7.89. The fourth-order valence-corrected chi connectivity index (χ4v) is 2.40. The van der Waals surface area contributed by atoms with E-state index in [1.165, 1.54) is 6.07 Å². The molecular formula is C10H10N2O3S. The van der Waals surface area contributed by atoms with Crippen LogP contribution in [0.3, 0.4) is 0 Å². The molecule has 0 aliphatic rings. The minimum atomic E-state index is -4.03. The maximum absolute atomic E-state index is 11.3. The summed E-state index contributed by atoms with van der Waals surface area (Å²) in [7, 11) is -4.03. The number of phenols is 1. The summed E-state index contributed by atoms with van der Waals surface area (Å²) < 4.78 is 22.5. The van der Waals surface area contributed by atoms with E-state index in [0.29, 0.717) is 10.8 Å². The summed E-state index contributed by atoms with van der Waals surface area (Å²) in [5.41, 5.74) is 5.50. The quantitative estimate of drug-likeness (QED) is 0.638. The van der Waals surface area contributed by atoms with Crippen molar-refractivity contribution in [2.45, 2.75) is 4.90 Å². The molecule has 6 heteroatoms. The van der Waals surface area contributed by atoms with E-state index in [1.807, 2.05) is 0 Å². The molecule has 0 spiro atoms. The summed E-state index contributed by atoms with van der Waals surface area (Å²) >= 11 is 0. The molecule has 0 atom stereocenters. The van der Waals surface area contributed by atoms with Crippen molar-refractivity contribution < 1.29 is 13.5 Å². The molecule has 2 rings (SSSR count). The van der Waals surface area contributed by atoms with Gasteiger partial charge in [0, 0.05) is 5.39 Å². The Morgan fingerprint density at radius 1 is 1.19 bits per heavy atom. The van der Waals surface area contributed by atoms with Crippen molar-refractivity contribution in [2.24, 2.45) is 5.14 Å². The van der Waals surface area contributed by atoms with Crippen LogP contribution in [0, 0.1) is 0 Å². The first-order chi connectivity index (χ1) is 7.41. The Labute approximate surface area is 92.3 Å². The average Bonchev–Trinajstić information content (AvgIpc) is 2.15. The number of rotatable bonds is 1. The van der Waals surface area contributed by atoms with Gasteiger partial charge in [-0.25, -0.2) is 13.6 Å². The van der Waals surface area contributed by atoms with Crippen LogP contribution < -0.4 is 10.9 Å². The lowest BCUT2D eigenvalue weighted by Crippen LogP contribution is -2.14. The van der Waals surface area contributed by atoms with E-state index in [-0.39, 0.29) is 5.69 Å². The predicted molar refractivity (Wildman–Crippen MR) is 61.4 cm³/mol. The normalized spacial score (nSPS) is 11.8. The van der Waals surface area contributed by atoms with Crippen molar-refractivity contribution in [1.82, 2.24) is 0 Å². The van der Waals surface area contributed by atoms with Gasteiger partial charge < -0.3 is 10.8 Å². The molecule has 0 aromatic heterocycles. The zero-order valence-corrected chi connectivity index (χ0v) is 9.03. The van der Waals surface area contributed by atoms with E-state index in [1.54, 1.807) is 24.3 Å². The molecule has 0 aliphatic carbocycles. The number of primary sulfonamides is 1. The maximum Gasteiger partial charge on any atom is 0.243 e. The van der Waals surface area contributed by atoms with Crippen LogP contribution in [-0.2, 0) is 10.0 Å². The second-order valence-corrected chi connectivity index (χ2v) is 4.91. The zero-order valence-electron chi connectivity index (χ0n) is 8.21. The van der Waals surface area contributed by atoms with Gasteiger partial charge in [-0.1, -0.05) is 24.3 Å². The smallest absolute Gasteiger partial charge is 0.243 e. The van der Waals surface area contributed by atoms with Crippen LogP contribution >= 0.6 is 0 Å². The third-order valence-corrected chi connectivity index (χ3v) is 3.29. The fraction of sp³-hybridized carbons (Fsp3) is 0. The van der Waals surface area contributed by atoms with Gasteiger partial charge >= 0.3 is 0 Å². The number of hydrogen-bond donors (Lipinski definition) is 3. The third-order valence-electron chi connectivity index (χ3n) is 2.29. The lowest BCUT2D eigenvalue weighted by molar-refractivity contribution is 0.466. The van der Waals surface area contributed by atoms with E-state index >= 15 is 0 Å². The molecule has 84 valence electrons. The number of sulfonamides is 1. The monoisotopic (exact) mass is 238 g/mol. The SMILES string of the molecule is Nc1cc2ccccc2c(O)c1S(N)(=O)=O. The largest absolute Gasteiger partial charge is 0.506 e. The molecule has 0 heterocycles. The molecule has 5 nitrogen and oxygen atoms in total. The topological polar surface area (TPSA) is 106 Å². The van der Waals surface area contributed by atoms with Gasteiger partial charge in [0.05, 0.1) is 5.69 Å². The van der Waals surface area contributed by atoms with Gasteiger partial charge in [0.25, 0.3) is 0 Å². The molecule has 2 aromatic carbocycles. The highest BCUT2D eigenvalue weighted by atomic mass is 32.2. The zero-order chi connectivity index (χ0) is 11.9. The van der Waals surface area contributed by atoms with Crippen LogP contribution in [0.1, 0.15) is 0 Å². The number of fused-ring (bicyclic) bond motifs is 1. The molecule has 0 fully saturated rings. The van der Waals surface area contributed by atoms with Gasteiger partial charge in [-0.15, -0.1) is 0 Å². The lowest BCUT2D eigenvalue weighted by atomic mass is 10.1. The number of nitrogen functional groups attached to an aromatic ring is 1. The van der Waals surface area contributed by atoms with Gasteiger partial charge in [0.15, 0.2) is 0 Å². The lowest BCUT2D eigenvalue weighted by Gasteiger charge is -2.09. The van der Waals surface area contributed by atoms with Gasteiger partial charge in [-0.2, -0.15) is 0 Å².